The predicted molar refractivity (Wildman–Crippen MR) is 59.5 cm³/mol. The topological polar surface area (TPSA) is 26.3 Å². The van der Waals surface area contributed by atoms with Crippen LogP contribution in [0.3, 0.4) is 0 Å². The Hall–Kier alpha value is -0.740. The van der Waals surface area contributed by atoms with Crippen molar-refractivity contribution in [1.29, 1.82) is 0 Å². The van der Waals surface area contributed by atoms with Crippen LogP contribution in [0, 0.1) is 5.82 Å². The Labute approximate surface area is 96.6 Å². The van der Waals surface area contributed by atoms with E-state index in [1.54, 1.807) is 6.07 Å². The third kappa shape index (κ3) is 3.39. The average Bonchev–Trinajstić information content (AvgIpc) is 2.22. The maximum atomic E-state index is 13.1. The zero-order valence-electron chi connectivity index (χ0n) is 8.43. The summed E-state index contributed by atoms with van der Waals surface area (Å²) in [5.41, 5.74) is 0.325. The van der Waals surface area contributed by atoms with Gasteiger partial charge >= 0.3 is 0 Å². The molecular formula is C11H12BrFO2. The van der Waals surface area contributed by atoms with Gasteiger partial charge in [0.15, 0.2) is 5.78 Å². The highest BCUT2D eigenvalue weighted by Crippen LogP contribution is 2.20. The number of benzene rings is 1. The normalized spacial score (nSPS) is 10.3. The molecule has 0 aromatic heterocycles. The Kier molecular flexibility index (Phi) is 4.91. The summed E-state index contributed by atoms with van der Waals surface area (Å²) >= 11 is 3.04. The molecule has 1 aromatic rings. The SMILES string of the molecule is CCCOCC(=O)c1cccc(F)c1Br. The molecule has 0 aliphatic heterocycles. The van der Waals surface area contributed by atoms with Crippen LogP contribution in [0.2, 0.25) is 0 Å². The highest BCUT2D eigenvalue weighted by atomic mass is 79.9. The molecule has 2 nitrogen and oxygen atoms in total. The predicted octanol–water partition coefficient (Wildman–Crippen LogP) is 3.20. The number of hydrogen-bond acceptors (Lipinski definition) is 2. The lowest BCUT2D eigenvalue weighted by molar-refractivity contribution is 0.0760. The molecule has 15 heavy (non-hydrogen) atoms. The fraction of sp³-hybridized carbons (Fsp3) is 0.364. The minimum atomic E-state index is -0.434. The van der Waals surface area contributed by atoms with Gasteiger partial charge in [0.2, 0.25) is 0 Å². The first-order valence-corrected chi connectivity index (χ1v) is 5.51. The second-order valence-corrected chi connectivity index (χ2v) is 3.87. The highest BCUT2D eigenvalue weighted by molar-refractivity contribution is 9.10. The fourth-order valence-corrected chi connectivity index (χ4v) is 1.59. The molecule has 0 aliphatic carbocycles. The summed E-state index contributed by atoms with van der Waals surface area (Å²) < 4.78 is 18.4. The van der Waals surface area contributed by atoms with Crippen LogP contribution in [-0.2, 0) is 4.74 Å². The first-order valence-electron chi connectivity index (χ1n) is 4.71. The minimum Gasteiger partial charge on any atom is -0.373 e. The molecule has 0 fully saturated rings. The van der Waals surface area contributed by atoms with Gasteiger partial charge < -0.3 is 4.74 Å². The molecule has 0 aliphatic rings. The molecule has 0 amide bonds. The number of rotatable bonds is 5. The summed E-state index contributed by atoms with van der Waals surface area (Å²) in [7, 11) is 0. The van der Waals surface area contributed by atoms with Crippen LogP contribution in [0.1, 0.15) is 23.7 Å². The standard InChI is InChI=1S/C11H12BrFO2/c1-2-6-15-7-10(14)8-4-3-5-9(13)11(8)12/h3-5H,2,6-7H2,1H3. The van der Waals surface area contributed by atoms with E-state index in [1.165, 1.54) is 12.1 Å². The molecule has 0 unspecified atom stereocenters. The molecule has 1 rings (SSSR count). The number of halogens is 2. The highest BCUT2D eigenvalue weighted by Gasteiger charge is 2.12. The maximum absolute atomic E-state index is 13.1. The summed E-state index contributed by atoms with van der Waals surface area (Å²) in [4.78, 5) is 11.6. The fourth-order valence-electron chi connectivity index (χ4n) is 1.11. The van der Waals surface area contributed by atoms with E-state index in [1.807, 2.05) is 6.92 Å². The van der Waals surface area contributed by atoms with Gasteiger partial charge in [-0.3, -0.25) is 4.79 Å². The Morgan fingerprint density at radius 1 is 1.53 bits per heavy atom. The molecular weight excluding hydrogens is 263 g/mol. The molecule has 4 heteroatoms. The lowest BCUT2D eigenvalue weighted by atomic mass is 10.1. The number of ether oxygens (including phenoxy) is 1. The van der Waals surface area contributed by atoms with Crippen LogP contribution in [0.15, 0.2) is 22.7 Å². The van der Waals surface area contributed by atoms with Crippen LogP contribution >= 0.6 is 15.9 Å². The van der Waals surface area contributed by atoms with E-state index in [4.69, 9.17) is 4.74 Å². The molecule has 0 bridgehead atoms. The number of ketones is 1. The van der Waals surface area contributed by atoms with Gasteiger partial charge in [-0.25, -0.2) is 4.39 Å². The van der Waals surface area contributed by atoms with Gasteiger partial charge in [0.1, 0.15) is 12.4 Å². The van der Waals surface area contributed by atoms with Gasteiger partial charge in [0, 0.05) is 12.2 Å². The Morgan fingerprint density at radius 3 is 2.93 bits per heavy atom. The molecule has 0 spiro atoms. The Morgan fingerprint density at radius 2 is 2.27 bits per heavy atom. The van der Waals surface area contributed by atoms with Crippen molar-refractivity contribution < 1.29 is 13.9 Å². The van der Waals surface area contributed by atoms with Crippen LogP contribution in [0.4, 0.5) is 4.39 Å². The van der Waals surface area contributed by atoms with E-state index in [0.29, 0.717) is 12.2 Å². The van der Waals surface area contributed by atoms with Crippen molar-refractivity contribution in [3.05, 3.63) is 34.1 Å². The van der Waals surface area contributed by atoms with E-state index in [0.717, 1.165) is 6.42 Å². The van der Waals surface area contributed by atoms with Crippen LogP contribution < -0.4 is 0 Å². The maximum Gasteiger partial charge on any atom is 0.189 e. The van der Waals surface area contributed by atoms with Crippen molar-refractivity contribution in [2.75, 3.05) is 13.2 Å². The van der Waals surface area contributed by atoms with E-state index in [2.05, 4.69) is 15.9 Å². The molecule has 0 radical (unpaired) electrons. The molecule has 0 atom stereocenters. The second kappa shape index (κ2) is 5.98. The van der Waals surface area contributed by atoms with Gasteiger partial charge in [0.05, 0.1) is 4.47 Å². The van der Waals surface area contributed by atoms with Gasteiger partial charge in [0.25, 0.3) is 0 Å². The van der Waals surface area contributed by atoms with Gasteiger partial charge in [-0.1, -0.05) is 13.0 Å². The minimum absolute atomic E-state index is 0.00407. The molecule has 0 N–H and O–H groups in total. The quantitative estimate of drug-likeness (QED) is 0.609. The number of carbonyl (C=O) groups excluding carboxylic acids is 1. The van der Waals surface area contributed by atoms with Gasteiger partial charge in [-0.05, 0) is 34.5 Å². The van der Waals surface area contributed by atoms with Crippen LogP contribution in [0.25, 0.3) is 0 Å². The zero-order chi connectivity index (χ0) is 11.3. The first-order chi connectivity index (χ1) is 7.16. The summed E-state index contributed by atoms with van der Waals surface area (Å²) in [6, 6.07) is 4.38. The third-order valence-corrected chi connectivity index (χ3v) is 2.64. The van der Waals surface area contributed by atoms with Gasteiger partial charge in [-0.15, -0.1) is 0 Å². The van der Waals surface area contributed by atoms with E-state index in [-0.39, 0.29) is 16.9 Å². The lowest BCUT2D eigenvalue weighted by Crippen LogP contribution is -2.10. The largest absolute Gasteiger partial charge is 0.373 e. The summed E-state index contributed by atoms with van der Waals surface area (Å²) in [5.74, 6) is -0.647. The molecule has 0 saturated heterocycles. The molecule has 82 valence electrons. The average molecular weight is 275 g/mol. The van der Waals surface area contributed by atoms with E-state index >= 15 is 0 Å². The van der Waals surface area contributed by atoms with Crippen molar-refractivity contribution in [2.24, 2.45) is 0 Å². The van der Waals surface area contributed by atoms with Crippen molar-refractivity contribution in [3.8, 4) is 0 Å². The van der Waals surface area contributed by atoms with Crippen molar-refractivity contribution in [3.63, 3.8) is 0 Å². The number of Topliss-reactive ketones (excluding diaryl/α,β-unsaturated/α-hetero) is 1. The second-order valence-electron chi connectivity index (χ2n) is 3.08. The van der Waals surface area contributed by atoms with Gasteiger partial charge in [-0.2, -0.15) is 0 Å². The molecule has 0 saturated carbocycles. The smallest absolute Gasteiger partial charge is 0.189 e. The van der Waals surface area contributed by atoms with Crippen molar-refractivity contribution in [2.45, 2.75) is 13.3 Å². The van der Waals surface area contributed by atoms with Crippen LogP contribution in [-0.4, -0.2) is 19.0 Å². The van der Waals surface area contributed by atoms with E-state index < -0.39 is 5.82 Å². The lowest BCUT2D eigenvalue weighted by Gasteiger charge is -2.04. The number of carbonyl (C=O) groups is 1. The van der Waals surface area contributed by atoms with Crippen LogP contribution in [0.5, 0.6) is 0 Å². The molecule has 0 heterocycles. The molecule has 1 aromatic carbocycles. The summed E-state index contributed by atoms with van der Waals surface area (Å²) in [6.07, 6.45) is 0.859. The Bertz CT molecular complexity index is 352. The van der Waals surface area contributed by atoms with Crippen molar-refractivity contribution >= 4 is 21.7 Å². The summed E-state index contributed by atoms with van der Waals surface area (Å²) in [5, 5.41) is 0. The van der Waals surface area contributed by atoms with Crippen molar-refractivity contribution in [1.82, 2.24) is 0 Å². The monoisotopic (exact) mass is 274 g/mol. The summed E-state index contributed by atoms with van der Waals surface area (Å²) in [6.45, 7) is 2.50. The zero-order valence-corrected chi connectivity index (χ0v) is 10.0. The van der Waals surface area contributed by atoms with E-state index in [9.17, 15) is 9.18 Å². The number of hydrogen-bond donors (Lipinski definition) is 0. The first kappa shape index (κ1) is 12.3. The third-order valence-electron chi connectivity index (χ3n) is 1.83. The Balaban J connectivity index is 2.69.